The van der Waals surface area contributed by atoms with E-state index in [1.54, 1.807) is 0 Å². The van der Waals surface area contributed by atoms with Crippen molar-refractivity contribution in [2.45, 2.75) is 66.7 Å². The summed E-state index contributed by atoms with van der Waals surface area (Å²) in [6, 6.07) is 22.7. The molecule has 3 rings (SSSR count). The molecule has 3 aromatic rings. The largest absolute Gasteiger partial charge is 0.384 e. The van der Waals surface area contributed by atoms with E-state index in [4.69, 9.17) is 11.1 Å². The standard InChI is InChI=1S/C20H29N3.C8H9N.C2H6/c1-3-13-23(14-4-2)19-15-18(22-20(21)16-19)12-8-11-17-9-6-5-7-10-17;1-7-3-2-4-8(5-7)6-9;1-2/h5-7,9-10,15-16H,3-4,8,11-14H2,1-2H3,(H2,21,22);2-6,9H,1H3;1-2H3. The monoisotopic (exact) mass is 460 g/mol. The van der Waals surface area contributed by atoms with E-state index in [-0.39, 0.29) is 0 Å². The van der Waals surface area contributed by atoms with Crippen molar-refractivity contribution in [3.05, 3.63) is 89.1 Å². The number of nitrogens with zero attached hydrogens (tertiary/aromatic N) is 2. The van der Waals surface area contributed by atoms with Gasteiger partial charge in [0, 0.05) is 36.8 Å². The fourth-order valence-electron chi connectivity index (χ4n) is 3.69. The number of anilines is 2. The quantitative estimate of drug-likeness (QED) is 0.308. The van der Waals surface area contributed by atoms with Crippen LogP contribution in [0.5, 0.6) is 0 Å². The van der Waals surface area contributed by atoms with Crippen LogP contribution in [0.25, 0.3) is 0 Å². The van der Waals surface area contributed by atoms with E-state index >= 15 is 0 Å². The molecule has 0 atom stereocenters. The smallest absolute Gasteiger partial charge is 0.125 e. The van der Waals surface area contributed by atoms with Crippen LogP contribution in [-0.4, -0.2) is 24.3 Å². The molecule has 0 spiro atoms. The molecule has 0 bridgehead atoms. The number of nitrogen functional groups attached to an aromatic ring is 1. The molecular formula is C30H44N4. The first-order valence-electron chi connectivity index (χ1n) is 12.7. The van der Waals surface area contributed by atoms with E-state index in [9.17, 15) is 0 Å². The van der Waals surface area contributed by atoms with Crippen molar-refractivity contribution < 1.29 is 0 Å². The highest BCUT2D eigenvalue weighted by Gasteiger charge is 2.08. The second kappa shape index (κ2) is 17.4. The molecule has 0 amide bonds. The molecule has 0 saturated heterocycles. The molecule has 1 aromatic heterocycles. The fraction of sp³-hybridized carbons (Fsp3) is 0.400. The molecule has 0 aliphatic heterocycles. The van der Waals surface area contributed by atoms with Crippen molar-refractivity contribution in [2.75, 3.05) is 23.7 Å². The Morgan fingerprint density at radius 3 is 2.12 bits per heavy atom. The summed E-state index contributed by atoms with van der Waals surface area (Å²) < 4.78 is 0. The van der Waals surface area contributed by atoms with E-state index in [2.05, 4.69) is 60.1 Å². The first kappa shape index (κ1) is 28.9. The highest BCUT2D eigenvalue weighted by atomic mass is 15.1. The van der Waals surface area contributed by atoms with Gasteiger partial charge < -0.3 is 16.0 Å². The number of benzene rings is 2. The van der Waals surface area contributed by atoms with Crippen LogP contribution in [0.4, 0.5) is 11.5 Å². The van der Waals surface area contributed by atoms with Gasteiger partial charge in [0.05, 0.1) is 0 Å². The average molecular weight is 461 g/mol. The van der Waals surface area contributed by atoms with Crippen LogP contribution in [0.1, 0.15) is 69.3 Å². The highest BCUT2D eigenvalue weighted by molar-refractivity contribution is 5.76. The number of aryl methyl sites for hydroxylation is 3. The van der Waals surface area contributed by atoms with Crippen molar-refractivity contribution in [2.24, 2.45) is 0 Å². The summed E-state index contributed by atoms with van der Waals surface area (Å²) in [7, 11) is 0. The third kappa shape index (κ3) is 11.1. The molecule has 1 heterocycles. The molecule has 4 heteroatoms. The highest BCUT2D eigenvalue weighted by Crippen LogP contribution is 2.20. The molecule has 0 aliphatic rings. The lowest BCUT2D eigenvalue weighted by atomic mass is 10.1. The van der Waals surface area contributed by atoms with Gasteiger partial charge in [-0.05, 0) is 56.2 Å². The van der Waals surface area contributed by atoms with Crippen molar-refractivity contribution in [3.63, 3.8) is 0 Å². The van der Waals surface area contributed by atoms with Crippen LogP contribution in [0, 0.1) is 12.3 Å². The van der Waals surface area contributed by atoms with Gasteiger partial charge in [0.25, 0.3) is 0 Å². The summed E-state index contributed by atoms with van der Waals surface area (Å²) in [6.07, 6.45) is 6.80. The number of hydrogen-bond acceptors (Lipinski definition) is 4. The van der Waals surface area contributed by atoms with E-state index < -0.39 is 0 Å². The Labute approximate surface area is 207 Å². The van der Waals surface area contributed by atoms with Crippen LogP contribution >= 0.6 is 0 Å². The normalized spacial score (nSPS) is 9.79. The molecule has 0 radical (unpaired) electrons. The van der Waals surface area contributed by atoms with Gasteiger partial charge in [0.1, 0.15) is 5.82 Å². The molecular weight excluding hydrogens is 416 g/mol. The maximum absolute atomic E-state index is 6.92. The summed E-state index contributed by atoms with van der Waals surface area (Å²) >= 11 is 0. The molecule has 0 saturated carbocycles. The van der Waals surface area contributed by atoms with Crippen LogP contribution in [0.3, 0.4) is 0 Å². The van der Waals surface area contributed by atoms with Crippen molar-refractivity contribution in [3.8, 4) is 0 Å². The van der Waals surface area contributed by atoms with Gasteiger partial charge in [-0.3, -0.25) is 0 Å². The summed E-state index contributed by atoms with van der Waals surface area (Å²) in [4.78, 5) is 6.93. The number of nitrogens with two attached hydrogens (primary N) is 1. The Kier molecular flexibility index (Phi) is 14.7. The lowest BCUT2D eigenvalue weighted by Gasteiger charge is -2.24. The predicted octanol–water partition coefficient (Wildman–Crippen LogP) is 7.48. The van der Waals surface area contributed by atoms with Crippen LogP contribution < -0.4 is 10.6 Å². The molecule has 2 aromatic carbocycles. The van der Waals surface area contributed by atoms with Crippen molar-refractivity contribution >= 4 is 17.7 Å². The van der Waals surface area contributed by atoms with Gasteiger partial charge >= 0.3 is 0 Å². The first-order valence-corrected chi connectivity index (χ1v) is 12.7. The van der Waals surface area contributed by atoms with E-state index in [1.165, 1.54) is 23.0 Å². The Morgan fingerprint density at radius 1 is 0.882 bits per heavy atom. The van der Waals surface area contributed by atoms with Crippen LogP contribution in [-0.2, 0) is 12.8 Å². The number of hydrogen-bond donors (Lipinski definition) is 2. The predicted molar refractivity (Wildman–Crippen MR) is 150 cm³/mol. The molecule has 4 nitrogen and oxygen atoms in total. The zero-order valence-electron chi connectivity index (χ0n) is 21.8. The Morgan fingerprint density at radius 2 is 1.56 bits per heavy atom. The fourth-order valence-corrected chi connectivity index (χ4v) is 3.69. The first-order chi connectivity index (χ1) is 16.5. The van der Waals surface area contributed by atoms with Gasteiger partial charge in [0.2, 0.25) is 0 Å². The molecule has 0 unspecified atom stereocenters. The summed E-state index contributed by atoms with van der Waals surface area (Å²) in [5.41, 5.74) is 11.9. The van der Waals surface area contributed by atoms with E-state index in [0.717, 1.165) is 56.5 Å². The van der Waals surface area contributed by atoms with Gasteiger partial charge in [-0.25, -0.2) is 4.98 Å². The molecule has 0 fully saturated rings. The zero-order chi connectivity index (χ0) is 25.2. The number of aromatic nitrogens is 1. The van der Waals surface area contributed by atoms with Gasteiger partial charge in [-0.15, -0.1) is 0 Å². The molecule has 0 aliphatic carbocycles. The summed E-state index contributed by atoms with van der Waals surface area (Å²) in [5.74, 6) is 0.634. The van der Waals surface area contributed by atoms with Crippen LogP contribution in [0.15, 0.2) is 66.7 Å². The Hall–Kier alpha value is -3.14. The Bertz CT molecular complexity index is 932. The zero-order valence-corrected chi connectivity index (χ0v) is 21.8. The third-order valence-electron chi connectivity index (χ3n) is 5.19. The van der Waals surface area contributed by atoms with Crippen LogP contribution in [0.2, 0.25) is 0 Å². The number of rotatable bonds is 10. The molecule has 3 N–H and O–H groups in total. The summed E-state index contributed by atoms with van der Waals surface area (Å²) in [5, 5.41) is 6.92. The van der Waals surface area contributed by atoms with Gasteiger partial charge in [0.15, 0.2) is 0 Å². The topological polar surface area (TPSA) is 66.0 Å². The minimum Gasteiger partial charge on any atom is -0.384 e. The van der Waals surface area contributed by atoms with E-state index in [0.29, 0.717) is 5.82 Å². The lowest BCUT2D eigenvalue weighted by molar-refractivity contribution is 0.741. The lowest BCUT2D eigenvalue weighted by Crippen LogP contribution is -2.25. The maximum Gasteiger partial charge on any atom is 0.125 e. The Balaban J connectivity index is 0.000000437. The second-order valence-electron chi connectivity index (χ2n) is 8.13. The van der Waals surface area contributed by atoms with Crippen molar-refractivity contribution in [1.29, 1.82) is 5.41 Å². The number of nitrogens with one attached hydrogen (secondary N) is 1. The second-order valence-corrected chi connectivity index (χ2v) is 8.13. The minimum atomic E-state index is 0.634. The minimum absolute atomic E-state index is 0.634. The van der Waals surface area contributed by atoms with Crippen molar-refractivity contribution in [1.82, 2.24) is 4.98 Å². The van der Waals surface area contributed by atoms with Gasteiger partial charge in [-0.1, -0.05) is 87.9 Å². The maximum atomic E-state index is 6.92. The van der Waals surface area contributed by atoms with E-state index in [1.807, 2.05) is 51.1 Å². The summed E-state index contributed by atoms with van der Waals surface area (Å²) in [6.45, 7) is 12.6. The number of pyridine rings is 1. The SMILES string of the molecule is CC.CCCN(CCC)c1cc(N)nc(CCCc2ccccc2)c1.Cc1cccc(C=N)c1. The van der Waals surface area contributed by atoms with Gasteiger partial charge in [-0.2, -0.15) is 0 Å². The molecule has 34 heavy (non-hydrogen) atoms. The third-order valence-corrected chi connectivity index (χ3v) is 5.19. The molecule has 184 valence electrons. The average Bonchev–Trinajstić information content (AvgIpc) is 2.86.